The normalized spacial score (nSPS) is 12.4. The first-order chi connectivity index (χ1) is 13.3. The van der Waals surface area contributed by atoms with Crippen LogP contribution in [0.1, 0.15) is 33.1 Å². The number of carbonyl (C=O) groups excluding carboxylic acids is 1. The van der Waals surface area contributed by atoms with Crippen molar-refractivity contribution < 1.29 is 13.2 Å². The van der Waals surface area contributed by atoms with Gasteiger partial charge in [0.05, 0.1) is 16.6 Å². The van der Waals surface area contributed by atoms with Crippen molar-refractivity contribution in [3.05, 3.63) is 76.2 Å². The average Bonchev–Trinajstić information content (AvgIpc) is 3.13. The summed E-state index contributed by atoms with van der Waals surface area (Å²) in [5, 5.41) is 0. The van der Waals surface area contributed by atoms with Gasteiger partial charge in [-0.25, -0.2) is 8.42 Å². The summed E-state index contributed by atoms with van der Waals surface area (Å²) in [4.78, 5) is 20.7. The molecule has 1 amide bonds. The predicted molar refractivity (Wildman–Crippen MR) is 111 cm³/mol. The second-order valence-corrected chi connectivity index (χ2v) is 9.41. The van der Waals surface area contributed by atoms with E-state index in [1.165, 1.54) is 41.5 Å². The molecule has 1 aromatic carbocycles. The van der Waals surface area contributed by atoms with Gasteiger partial charge in [0.1, 0.15) is 0 Å². The molecule has 3 aromatic rings. The van der Waals surface area contributed by atoms with E-state index in [-0.39, 0.29) is 16.8 Å². The van der Waals surface area contributed by atoms with E-state index in [0.717, 1.165) is 4.88 Å². The van der Waals surface area contributed by atoms with Gasteiger partial charge in [-0.1, -0.05) is 0 Å². The molecule has 0 radical (unpaired) electrons. The number of nitrogens with zero attached hydrogens (tertiary/aromatic N) is 2. The topological polar surface area (TPSA) is 79.4 Å². The molecule has 1 atom stereocenters. The highest BCUT2D eigenvalue weighted by molar-refractivity contribution is 7.92. The van der Waals surface area contributed by atoms with Crippen molar-refractivity contribution in [3.8, 4) is 0 Å². The van der Waals surface area contributed by atoms with Gasteiger partial charge in [-0.2, -0.15) is 0 Å². The number of hydrogen-bond acceptors (Lipinski definition) is 5. The van der Waals surface area contributed by atoms with Crippen LogP contribution in [-0.2, 0) is 10.0 Å². The van der Waals surface area contributed by atoms with E-state index in [1.807, 2.05) is 26.0 Å². The summed E-state index contributed by atoms with van der Waals surface area (Å²) in [5.74, 6) is -0.162. The number of carbonyl (C=O) groups is 1. The van der Waals surface area contributed by atoms with Crippen LogP contribution >= 0.6 is 11.3 Å². The molecule has 0 aliphatic rings. The minimum Gasteiger partial charge on any atom is -0.334 e. The Morgan fingerprint density at radius 3 is 2.29 bits per heavy atom. The lowest BCUT2D eigenvalue weighted by Gasteiger charge is -2.24. The monoisotopic (exact) mass is 415 g/mol. The molecule has 28 heavy (non-hydrogen) atoms. The van der Waals surface area contributed by atoms with Crippen LogP contribution in [0.25, 0.3) is 0 Å². The molecule has 0 unspecified atom stereocenters. The molecule has 0 fully saturated rings. The van der Waals surface area contributed by atoms with Crippen molar-refractivity contribution in [2.45, 2.75) is 24.8 Å². The van der Waals surface area contributed by atoms with Crippen LogP contribution in [0.15, 0.2) is 65.8 Å². The van der Waals surface area contributed by atoms with Crippen LogP contribution < -0.4 is 4.72 Å². The highest BCUT2D eigenvalue weighted by Crippen LogP contribution is 2.27. The molecule has 2 aromatic heterocycles. The van der Waals surface area contributed by atoms with Gasteiger partial charge >= 0.3 is 0 Å². The molecule has 1 N–H and O–H groups in total. The molecule has 0 aliphatic carbocycles. The minimum atomic E-state index is -3.73. The van der Waals surface area contributed by atoms with Crippen molar-refractivity contribution in [1.82, 2.24) is 9.88 Å². The summed E-state index contributed by atoms with van der Waals surface area (Å²) in [6, 6.07) is 13.1. The van der Waals surface area contributed by atoms with Gasteiger partial charge < -0.3 is 4.90 Å². The molecule has 146 valence electrons. The number of anilines is 1. The fourth-order valence-electron chi connectivity index (χ4n) is 2.66. The van der Waals surface area contributed by atoms with Crippen molar-refractivity contribution in [2.24, 2.45) is 0 Å². The fourth-order valence-corrected chi connectivity index (χ4v) is 4.69. The maximum absolute atomic E-state index is 12.8. The Hall–Kier alpha value is -2.71. The Bertz CT molecular complexity index is 1060. The van der Waals surface area contributed by atoms with Gasteiger partial charge in [-0.15, -0.1) is 11.3 Å². The molecule has 0 bridgehead atoms. The van der Waals surface area contributed by atoms with E-state index in [1.54, 1.807) is 35.4 Å². The zero-order chi connectivity index (χ0) is 20.3. The highest BCUT2D eigenvalue weighted by atomic mass is 32.2. The molecule has 0 saturated carbocycles. The zero-order valence-electron chi connectivity index (χ0n) is 15.8. The zero-order valence-corrected chi connectivity index (χ0v) is 17.4. The van der Waals surface area contributed by atoms with Gasteiger partial charge in [0, 0.05) is 34.8 Å². The molecular weight excluding hydrogens is 394 g/mol. The second kappa shape index (κ2) is 8.12. The van der Waals surface area contributed by atoms with Crippen molar-refractivity contribution in [2.75, 3.05) is 11.8 Å². The van der Waals surface area contributed by atoms with E-state index in [0.29, 0.717) is 11.3 Å². The number of hydrogen-bond donors (Lipinski definition) is 1. The standard InChI is InChI=1S/C20H21N3O3S2/c1-14-4-9-19(27-14)15(2)23(3)20(24)16-5-7-18(8-6-16)28(25,26)22-17-10-12-21-13-11-17/h4-13,15H,1-3H3,(H,21,22)/t15-/m0/s1. The summed E-state index contributed by atoms with van der Waals surface area (Å²) >= 11 is 1.66. The summed E-state index contributed by atoms with van der Waals surface area (Å²) in [6.45, 7) is 4.00. The van der Waals surface area contributed by atoms with Crippen LogP contribution in [0, 0.1) is 6.92 Å². The van der Waals surface area contributed by atoms with Gasteiger partial charge in [-0.05, 0) is 62.4 Å². The Morgan fingerprint density at radius 1 is 1.07 bits per heavy atom. The lowest BCUT2D eigenvalue weighted by molar-refractivity contribution is 0.0745. The largest absolute Gasteiger partial charge is 0.334 e. The third-order valence-corrected chi connectivity index (χ3v) is 6.99. The number of nitrogens with one attached hydrogen (secondary N) is 1. The molecular formula is C20H21N3O3S2. The summed E-state index contributed by atoms with van der Waals surface area (Å²) in [6.07, 6.45) is 3.01. The van der Waals surface area contributed by atoms with Crippen LogP contribution in [-0.4, -0.2) is 31.3 Å². The maximum atomic E-state index is 12.8. The Balaban J connectivity index is 1.75. The number of thiophene rings is 1. The SMILES string of the molecule is Cc1ccc([C@H](C)N(C)C(=O)c2ccc(S(=O)(=O)Nc3ccncc3)cc2)s1. The van der Waals surface area contributed by atoms with Crippen molar-refractivity contribution >= 4 is 33.0 Å². The number of pyridine rings is 1. The van der Waals surface area contributed by atoms with Crippen molar-refractivity contribution in [1.29, 1.82) is 0 Å². The number of rotatable bonds is 6. The van der Waals surface area contributed by atoms with Gasteiger partial charge in [0.25, 0.3) is 15.9 Å². The van der Waals surface area contributed by atoms with Crippen LogP contribution in [0.5, 0.6) is 0 Å². The van der Waals surface area contributed by atoms with E-state index in [4.69, 9.17) is 0 Å². The summed E-state index contributed by atoms with van der Waals surface area (Å²) in [7, 11) is -1.99. The fraction of sp³-hybridized carbons (Fsp3) is 0.200. The third-order valence-electron chi connectivity index (χ3n) is 4.42. The number of benzene rings is 1. The quantitative estimate of drug-likeness (QED) is 0.658. The number of aromatic nitrogens is 1. The smallest absolute Gasteiger partial charge is 0.261 e. The van der Waals surface area contributed by atoms with E-state index >= 15 is 0 Å². The van der Waals surface area contributed by atoms with Crippen LogP contribution in [0.4, 0.5) is 5.69 Å². The average molecular weight is 416 g/mol. The Labute approximate surface area is 168 Å². The lowest BCUT2D eigenvalue weighted by atomic mass is 10.1. The molecule has 6 nitrogen and oxygen atoms in total. The Morgan fingerprint density at radius 2 is 1.71 bits per heavy atom. The number of amides is 1. The van der Waals surface area contributed by atoms with Gasteiger partial charge in [0.2, 0.25) is 0 Å². The lowest BCUT2D eigenvalue weighted by Crippen LogP contribution is -2.29. The number of sulfonamides is 1. The summed E-state index contributed by atoms with van der Waals surface area (Å²) in [5.41, 5.74) is 0.862. The van der Waals surface area contributed by atoms with Crippen molar-refractivity contribution in [3.63, 3.8) is 0 Å². The first-order valence-corrected chi connectivity index (χ1v) is 10.9. The molecule has 2 heterocycles. The third kappa shape index (κ3) is 4.40. The molecule has 0 spiro atoms. The predicted octanol–water partition coefficient (Wildman–Crippen LogP) is 4.09. The van der Waals surface area contributed by atoms with E-state index in [9.17, 15) is 13.2 Å². The molecule has 0 aliphatic heterocycles. The van der Waals surface area contributed by atoms with E-state index in [2.05, 4.69) is 9.71 Å². The summed E-state index contributed by atoms with van der Waals surface area (Å²) < 4.78 is 27.5. The number of aryl methyl sites for hydroxylation is 1. The molecule has 0 saturated heterocycles. The second-order valence-electron chi connectivity index (χ2n) is 6.41. The maximum Gasteiger partial charge on any atom is 0.261 e. The Kier molecular flexibility index (Phi) is 5.81. The first-order valence-electron chi connectivity index (χ1n) is 8.64. The molecule has 8 heteroatoms. The van der Waals surface area contributed by atoms with Crippen LogP contribution in [0.3, 0.4) is 0 Å². The van der Waals surface area contributed by atoms with Gasteiger partial charge in [-0.3, -0.25) is 14.5 Å². The van der Waals surface area contributed by atoms with E-state index < -0.39 is 10.0 Å². The minimum absolute atomic E-state index is 0.0667. The van der Waals surface area contributed by atoms with Gasteiger partial charge in [0.15, 0.2) is 0 Å². The van der Waals surface area contributed by atoms with Crippen LogP contribution in [0.2, 0.25) is 0 Å². The highest BCUT2D eigenvalue weighted by Gasteiger charge is 2.21. The first kappa shape index (κ1) is 20.0. The molecule has 3 rings (SSSR count).